The van der Waals surface area contributed by atoms with Gasteiger partial charge in [0.15, 0.2) is 11.1 Å². The van der Waals surface area contributed by atoms with Gasteiger partial charge in [-0.15, -0.1) is 0 Å². The zero-order valence-corrected chi connectivity index (χ0v) is 18.6. The number of hydrogen-bond acceptors (Lipinski definition) is 4. The summed E-state index contributed by atoms with van der Waals surface area (Å²) in [6.45, 7) is 6.05. The highest BCUT2D eigenvalue weighted by molar-refractivity contribution is 7.79. The summed E-state index contributed by atoms with van der Waals surface area (Å²) in [6.07, 6.45) is 2.59. The average Bonchev–Trinajstić information content (AvgIpc) is 2.69. The maximum Gasteiger partial charge on any atom is 0.259 e. The SMILES string of the molecule is CC(C)(C)c1ccc(C(=O)Nc2cncc(S(=O)O)c2)c(Oc2ccc(F)cc2Cl)c1. The predicted molar refractivity (Wildman–Crippen MR) is 118 cm³/mol. The number of nitrogens with one attached hydrogen (secondary N) is 1. The molecule has 0 saturated carbocycles. The first kappa shape index (κ1) is 22.9. The van der Waals surface area contributed by atoms with Crippen LogP contribution in [-0.4, -0.2) is 19.7 Å². The molecule has 6 nitrogen and oxygen atoms in total. The highest BCUT2D eigenvalue weighted by Crippen LogP contribution is 2.35. The van der Waals surface area contributed by atoms with Crippen LogP contribution < -0.4 is 10.1 Å². The molecule has 1 amide bonds. The minimum Gasteiger partial charge on any atom is -0.455 e. The molecule has 0 spiro atoms. The second-order valence-corrected chi connectivity index (χ2v) is 9.13. The number of nitrogens with zero attached hydrogens (tertiary/aromatic N) is 1. The molecular formula is C22H20ClFN2O4S. The molecule has 162 valence electrons. The third-order valence-electron chi connectivity index (χ3n) is 4.38. The molecular weight excluding hydrogens is 443 g/mol. The average molecular weight is 463 g/mol. The van der Waals surface area contributed by atoms with E-state index in [-0.39, 0.29) is 38.1 Å². The largest absolute Gasteiger partial charge is 0.455 e. The summed E-state index contributed by atoms with van der Waals surface area (Å²) in [5.41, 5.74) is 1.14. The van der Waals surface area contributed by atoms with Gasteiger partial charge in [0, 0.05) is 6.20 Å². The van der Waals surface area contributed by atoms with Gasteiger partial charge in [-0.25, -0.2) is 8.60 Å². The van der Waals surface area contributed by atoms with Gasteiger partial charge in [0.1, 0.15) is 17.3 Å². The van der Waals surface area contributed by atoms with Crippen LogP contribution in [0, 0.1) is 5.82 Å². The molecule has 0 radical (unpaired) electrons. The van der Waals surface area contributed by atoms with Gasteiger partial charge < -0.3 is 14.6 Å². The maximum atomic E-state index is 13.4. The fourth-order valence-corrected chi connectivity index (χ4v) is 3.30. The van der Waals surface area contributed by atoms with Crippen molar-refractivity contribution in [1.82, 2.24) is 4.98 Å². The van der Waals surface area contributed by atoms with Crippen LogP contribution in [0.15, 0.2) is 59.8 Å². The van der Waals surface area contributed by atoms with Crippen LogP contribution in [0.2, 0.25) is 5.02 Å². The van der Waals surface area contributed by atoms with Crippen molar-refractivity contribution in [2.24, 2.45) is 0 Å². The van der Waals surface area contributed by atoms with Gasteiger partial charge in [-0.05, 0) is 47.4 Å². The summed E-state index contributed by atoms with van der Waals surface area (Å²) in [7, 11) is 0. The van der Waals surface area contributed by atoms with E-state index < -0.39 is 22.8 Å². The van der Waals surface area contributed by atoms with E-state index in [1.54, 1.807) is 12.1 Å². The van der Waals surface area contributed by atoms with E-state index in [0.717, 1.165) is 11.6 Å². The number of ether oxygens (including phenoxy) is 1. The lowest BCUT2D eigenvalue weighted by molar-refractivity contribution is 0.102. The summed E-state index contributed by atoms with van der Waals surface area (Å²) in [5.74, 6) is -0.598. The van der Waals surface area contributed by atoms with Crippen molar-refractivity contribution in [3.63, 3.8) is 0 Å². The smallest absolute Gasteiger partial charge is 0.259 e. The highest BCUT2D eigenvalue weighted by atomic mass is 35.5. The van der Waals surface area contributed by atoms with Gasteiger partial charge in [0.2, 0.25) is 0 Å². The molecule has 3 aromatic rings. The summed E-state index contributed by atoms with van der Waals surface area (Å²) in [4.78, 5) is 16.9. The molecule has 9 heteroatoms. The molecule has 3 rings (SSSR count). The van der Waals surface area contributed by atoms with Crippen molar-refractivity contribution in [2.75, 3.05) is 5.32 Å². The number of anilines is 1. The monoisotopic (exact) mass is 462 g/mol. The Kier molecular flexibility index (Phi) is 6.74. The first-order valence-electron chi connectivity index (χ1n) is 9.19. The minimum atomic E-state index is -2.23. The van der Waals surface area contributed by atoms with Crippen LogP contribution in [-0.2, 0) is 16.5 Å². The number of halogens is 2. The van der Waals surface area contributed by atoms with E-state index in [9.17, 15) is 17.9 Å². The molecule has 1 heterocycles. The Hall–Kier alpha value is -2.81. The van der Waals surface area contributed by atoms with E-state index in [0.29, 0.717) is 0 Å². The summed E-state index contributed by atoms with van der Waals surface area (Å²) < 4.78 is 39.8. The molecule has 1 unspecified atom stereocenters. The van der Waals surface area contributed by atoms with Crippen molar-refractivity contribution >= 4 is 34.3 Å². The number of hydrogen-bond donors (Lipinski definition) is 2. The van der Waals surface area contributed by atoms with Crippen LogP contribution in [0.4, 0.5) is 10.1 Å². The number of pyridine rings is 1. The van der Waals surface area contributed by atoms with E-state index in [1.165, 1.54) is 30.6 Å². The predicted octanol–water partition coefficient (Wildman–Crippen LogP) is 5.80. The summed E-state index contributed by atoms with van der Waals surface area (Å²) in [6, 6.07) is 10.2. The van der Waals surface area contributed by atoms with Gasteiger partial charge in [-0.3, -0.25) is 9.78 Å². The third kappa shape index (κ3) is 5.66. The molecule has 1 atom stereocenters. The lowest BCUT2D eigenvalue weighted by Crippen LogP contribution is -2.16. The van der Waals surface area contributed by atoms with E-state index in [1.807, 2.05) is 26.8 Å². The molecule has 0 aliphatic carbocycles. The van der Waals surface area contributed by atoms with Crippen LogP contribution in [0.5, 0.6) is 11.5 Å². The van der Waals surface area contributed by atoms with Crippen molar-refractivity contribution in [2.45, 2.75) is 31.1 Å². The third-order valence-corrected chi connectivity index (χ3v) is 5.30. The zero-order valence-electron chi connectivity index (χ0n) is 17.0. The Morgan fingerprint density at radius 2 is 1.87 bits per heavy atom. The lowest BCUT2D eigenvalue weighted by atomic mass is 9.86. The first-order valence-corrected chi connectivity index (χ1v) is 10.7. The van der Waals surface area contributed by atoms with Gasteiger partial charge in [0.05, 0.1) is 27.4 Å². The van der Waals surface area contributed by atoms with Crippen molar-refractivity contribution in [3.8, 4) is 11.5 Å². The number of rotatable bonds is 5. The number of aromatic nitrogens is 1. The number of benzene rings is 2. The first-order chi connectivity index (χ1) is 14.5. The second-order valence-electron chi connectivity index (χ2n) is 7.75. The number of amides is 1. The molecule has 0 bridgehead atoms. The fraction of sp³-hybridized carbons (Fsp3) is 0.182. The molecule has 2 aromatic carbocycles. The van der Waals surface area contributed by atoms with Crippen molar-refractivity contribution in [1.29, 1.82) is 0 Å². The van der Waals surface area contributed by atoms with Gasteiger partial charge in [-0.1, -0.05) is 38.4 Å². The molecule has 2 N–H and O–H groups in total. The standard InChI is InChI=1S/C22H20ClFN2O4S/c1-22(2,3)13-4-6-17(20(8-13)30-19-7-5-14(24)9-18(19)23)21(27)26-15-10-16(31(28)29)12-25-11-15/h4-12H,1-3H3,(H,26,27)(H,28,29). The Morgan fingerprint density at radius 1 is 1.13 bits per heavy atom. The van der Waals surface area contributed by atoms with Gasteiger partial charge >= 0.3 is 0 Å². The van der Waals surface area contributed by atoms with Crippen LogP contribution in [0.3, 0.4) is 0 Å². The highest BCUT2D eigenvalue weighted by Gasteiger charge is 2.21. The van der Waals surface area contributed by atoms with Gasteiger partial charge in [0.25, 0.3) is 5.91 Å². The Morgan fingerprint density at radius 3 is 2.52 bits per heavy atom. The van der Waals surface area contributed by atoms with E-state index in [4.69, 9.17) is 16.3 Å². The van der Waals surface area contributed by atoms with Gasteiger partial charge in [-0.2, -0.15) is 0 Å². The maximum absolute atomic E-state index is 13.4. The summed E-state index contributed by atoms with van der Waals surface area (Å²) >= 11 is 3.86. The van der Waals surface area contributed by atoms with Crippen LogP contribution in [0.1, 0.15) is 36.7 Å². The molecule has 0 saturated heterocycles. The molecule has 1 aromatic heterocycles. The molecule has 0 aliphatic heterocycles. The topological polar surface area (TPSA) is 88.5 Å². The van der Waals surface area contributed by atoms with E-state index in [2.05, 4.69) is 10.3 Å². The minimum absolute atomic E-state index is 0.0513. The number of carbonyl (C=O) groups excluding carboxylic acids is 1. The Labute approximate surface area is 186 Å². The normalized spacial score (nSPS) is 12.3. The molecule has 0 fully saturated rings. The van der Waals surface area contributed by atoms with Crippen molar-refractivity contribution < 1.29 is 22.7 Å². The molecule has 31 heavy (non-hydrogen) atoms. The Bertz CT molecular complexity index is 1160. The second kappa shape index (κ2) is 9.13. The van der Waals surface area contributed by atoms with Crippen molar-refractivity contribution in [3.05, 3.63) is 76.8 Å². The number of carbonyl (C=O) groups is 1. The quantitative estimate of drug-likeness (QED) is 0.468. The molecule has 0 aliphatic rings. The van der Waals surface area contributed by atoms with Crippen LogP contribution in [0.25, 0.3) is 0 Å². The van der Waals surface area contributed by atoms with E-state index >= 15 is 0 Å². The summed E-state index contributed by atoms with van der Waals surface area (Å²) in [5, 5.41) is 2.71. The van der Waals surface area contributed by atoms with Crippen LogP contribution >= 0.6 is 11.6 Å². The fourth-order valence-electron chi connectivity index (χ4n) is 2.72. The lowest BCUT2D eigenvalue weighted by Gasteiger charge is -2.21. The Balaban J connectivity index is 1.99. The zero-order chi connectivity index (χ0) is 22.8.